The lowest BCUT2D eigenvalue weighted by Gasteiger charge is -2.19. The Morgan fingerprint density at radius 2 is 1.43 bits per heavy atom. The topological polar surface area (TPSA) is 0 Å². The van der Waals surface area contributed by atoms with Crippen LogP contribution in [0.3, 0.4) is 0 Å². The maximum atomic E-state index is 2.37. The average Bonchev–Trinajstić information content (AvgIpc) is 1.35. The van der Waals surface area contributed by atoms with Gasteiger partial charge in [0, 0.05) is 0 Å². The van der Waals surface area contributed by atoms with E-state index in [1.165, 1.54) is 4.55 Å². The molecule has 3 heteroatoms. The molecule has 0 saturated carbocycles. The molecule has 0 aliphatic heterocycles. The van der Waals surface area contributed by atoms with E-state index in [0.29, 0.717) is 0 Å². The summed E-state index contributed by atoms with van der Waals surface area (Å²) in [4.78, 5) is 0. The molecule has 0 amide bonds. The van der Waals surface area contributed by atoms with E-state index in [-0.39, 0.29) is 24.0 Å². The third-order valence-electron chi connectivity index (χ3n) is 0.359. The fourth-order valence-corrected chi connectivity index (χ4v) is 0. The van der Waals surface area contributed by atoms with Gasteiger partial charge in [0.25, 0.3) is 0 Å². The van der Waals surface area contributed by atoms with Gasteiger partial charge in [0.2, 0.25) is 0 Å². The van der Waals surface area contributed by atoms with Gasteiger partial charge in [-0.25, -0.2) is 0 Å². The molecule has 0 heterocycles. The number of alkyl halides is 1. The zero-order valence-corrected chi connectivity index (χ0v) is 9.23. The third-order valence-corrected chi connectivity index (χ3v) is 2.41. The smallest absolute Gasteiger partial charge is 0.129 e. The molecule has 0 aliphatic carbocycles. The van der Waals surface area contributed by atoms with Crippen LogP contribution >= 0.6 is 22.6 Å². The lowest BCUT2D eigenvalue weighted by atomic mass is 10.9. The average molecular weight is 329 g/mol. The Morgan fingerprint density at radius 1 is 1.29 bits per heavy atom. The Labute approximate surface area is 76.2 Å². The minimum atomic E-state index is 0. The van der Waals surface area contributed by atoms with Crippen LogP contribution in [0.4, 0.5) is 0 Å². The van der Waals surface area contributed by atoms with Crippen LogP contribution in [0.25, 0.3) is 0 Å². The summed E-state index contributed by atoms with van der Waals surface area (Å²) in [5.74, 6) is 0. The molecule has 0 bridgehead atoms. The quantitative estimate of drug-likeness (QED) is 0.228. The van der Waals surface area contributed by atoms with Gasteiger partial charge < -0.3 is 28.5 Å². The van der Waals surface area contributed by atoms with Crippen LogP contribution < -0.4 is 24.0 Å². The van der Waals surface area contributed by atoms with Gasteiger partial charge in [-0.3, -0.25) is 0 Å². The second kappa shape index (κ2) is 4.31. The summed E-state index contributed by atoms with van der Waals surface area (Å²) in [5.41, 5.74) is 0. The molecule has 46 valence electrons. The molecular weight excluding hydrogens is 318 g/mol. The summed E-state index contributed by atoms with van der Waals surface area (Å²) in [6.45, 7) is 0. The largest absolute Gasteiger partial charge is 1.00 e. The molecule has 7 heavy (non-hydrogen) atoms. The minimum absolute atomic E-state index is 0. The first-order valence-corrected chi connectivity index (χ1v) is 3.45. The highest BCUT2D eigenvalue weighted by Gasteiger charge is 1.99. The second-order valence-electron chi connectivity index (χ2n) is 2.41. The summed E-state index contributed by atoms with van der Waals surface area (Å²) in [7, 11) is 6.52. The van der Waals surface area contributed by atoms with Crippen molar-refractivity contribution in [2.24, 2.45) is 0 Å². The van der Waals surface area contributed by atoms with Crippen molar-refractivity contribution in [2.45, 2.75) is 0 Å². The molecular formula is C4H11I2N. The minimum Gasteiger partial charge on any atom is -1.00 e. The zero-order valence-electron chi connectivity index (χ0n) is 4.91. The highest BCUT2D eigenvalue weighted by Crippen LogP contribution is 1.93. The number of quaternary nitrogens is 1. The van der Waals surface area contributed by atoms with Crippen molar-refractivity contribution in [2.75, 3.05) is 25.7 Å². The number of halogens is 2. The molecule has 0 spiro atoms. The lowest BCUT2D eigenvalue weighted by Crippen LogP contribution is -3.00. The van der Waals surface area contributed by atoms with Crippen molar-refractivity contribution in [3.63, 3.8) is 0 Å². The van der Waals surface area contributed by atoms with Crippen LogP contribution in [-0.2, 0) is 0 Å². The van der Waals surface area contributed by atoms with Crippen LogP contribution in [0, 0.1) is 0 Å². The van der Waals surface area contributed by atoms with Gasteiger partial charge in [-0.1, -0.05) is 0 Å². The van der Waals surface area contributed by atoms with E-state index in [0.717, 1.165) is 4.48 Å². The van der Waals surface area contributed by atoms with Gasteiger partial charge in [0.15, 0.2) is 0 Å². The summed E-state index contributed by atoms with van der Waals surface area (Å²) >= 11 is 2.37. The van der Waals surface area contributed by atoms with Crippen LogP contribution in [-0.4, -0.2) is 30.2 Å². The molecule has 0 aromatic rings. The van der Waals surface area contributed by atoms with E-state index in [1.54, 1.807) is 0 Å². The fraction of sp³-hybridized carbons (Fsp3) is 1.00. The second-order valence-corrected chi connectivity index (χ2v) is 3.09. The van der Waals surface area contributed by atoms with Crippen molar-refractivity contribution in [3.05, 3.63) is 0 Å². The number of rotatable bonds is 1. The first-order chi connectivity index (χ1) is 2.56. The van der Waals surface area contributed by atoms with Crippen molar-refractivity contribution >= 4 is 22.6 Å². The maximum absolute atomic E-state index is 2.37. The van der Waals surface area contributed by atoms with Gasteiger partial charge in [-0.15, -0.1) is 0 Å². The maximum Gasteiger partial charge on any atom is 0.129 e. The molecule has 0 N–H and O–H groups in total. The summed E-state index contributed by atoms with van der Waals surface area (Å²) in [5, 5.41) is 0. The van der Waals surface area contributed by atoms with Crippen LogP contribution in [0.1, 0.15) is 0 Å². The Kier molecular flexibility index (Phi) is 6.93. The van der Waals surface area contributed by atoms with Crippen LogP contribution in [0.2, 0.25) is 0 Å². The first kappa shape index (κ1) is 11.2. The van der Waals surface area contributed by atoms with Crippen LogP contribution in [0.15, 0.2) is 0 Å². The van der Waals surface area contributed by atoms with Crippen LogP contribution in [0.5, 0.6) is 0 Å². The highest BCUT2D eigenvalue weighted by molar-refractivity contribution is 14.1. The molecule has 0 radical (unpaired) electrons. The molecule has 0 aliphatic rings. The van der Waals surface area contributed by atoms with Gasteiger partial charge in [-0.05, 0) is 22.6 Å². The Balaban J connectivity index is 0. The van der Waals surface area contributed by atoms with Crippen molar-refractivity contribution in [3.8, 4) is 0 Å². The molecule has 0 aromatic carbocycles. The van der Waals surface area contributed by atoms with E-state index >= 15 is 0 Å². The van der Waals surface area contributed by atoms with Crippen molar-refractivity contribution < 1.29 is 28.5 Å². The Morgan fingerprint density at radius 3 is 1.43 bits per heavy atom. The summed E-state index contributed by atoms with van der Waals surface area (Å²) in [6.07, 6.45) is 0. The van der Waals surface area contributed by atoms with Gasteiger partial charge in [0.05, 0.1) is 21.1 Å². The normalized spacial score (nSPS) is 10.3. The molecule has 0 rings (SSSR count). The SMILES string of the molecule is C[N+](C)(C)[14CH2]I.[I-]. The summed E-state index contributed by atoms with van der Waals surface area (Å²) < 4.78 is 2.23. The molecule has 0 unspecified atom stereocenters. The van der Waals surface area contributed by atoms with Crippen molar-refractivity contribution in [1.82, 2.24) is 0 Å². The van der Waals surface area contributed by atoms with E-state index in [9.17, 15) is 0 Å². The van der Waals surface area contributed by atoms with Crippen molar-refractivity contribution in [1.29, 1.82) is 0 Å². The molecule has 0 saturated heterocycles. The Hall–Kier alpha value is 1.42. The standard InChI is InChI=1S/C4H11IN.HI/c1-6(2,3)4-5;/h4H2,1-3H3;1H/q+1;/p-1/i4+2;. The van der Waals surface area contributed by atoms with E-state index in [1.807, 2.05) is 0 Å². The Bertz CT molecular complexity index is 39.4. The fourth-order valence-electron chi connectivity index (χ4n) is 0. The van der Waals surface area contributed by atoms with E-state index in [4.69, 9.17) is 0 Å². The number of hydrogen-bond acceptors (Lipinski definition) is 0. The molecule has 0 fully saturated rings. The summed E-state index contributed by atoms with van der Waals surface area (Å²) in [6, 6.07) is 0. The van der Waals surface area contributed by atoms with E-state index < -0.39 is 0 Å². The predicted molar refractivity (Wildman–Crippen MR) is 36.9 cm³/mol. The molecule has 0 atom stereocenters. The predicted octanol–water partition coefficient (Wildman–Crippen LogP) is -1.91. The van der Waals surface area contributed by atoms with Gasteiger partial charge in [0.1, 0.15) is 4.55 Å². The lowest BCUT2D eigenvalue weighted by molar-refractivity contribution is -0.853. The zero-order chi connectivity index (χ0) is 5.21. The number of nitrogens with zero attached hydrogens (tertiary/aromatic N) is 1. The molecule has 0 aromatic heterocycles. The van der Waals surface area contributed by atoms with Gasteiger partial charge in [-0.2, -0.15) is 0 Å². The monoisotopic (exact) mass is 329 g/mol. The first-order valence-electron chi connectivity index (χ1n) is 1.93. The number of hydrogen-bond donors (Lipinski definition) is 0. The molecule has 1 nitrogen and oxygen atoms in total. The highest BCUT2D eigenvalue weighted by atomic mass is 127. The van der Waals surface area contributed by atoms with Gasteiger partial charge >= 0.3 is 0 Å². The third kappa shape index (κ3) is 11.2. The van der Waals surface area contributed by atoms with E-state index in [2.05, 4.69) is 43.7 Å².